The van der Waals surface area contributed by atoms with E-state index in [-0.39, 0.29) is 6.67 Å². The smallest absolute Gasteiger partial charge is 0.0922 e. The molecule has 0 unspecified atom stereocenters. The van der Waals surface area contributed by atoms with Gasteiger partial charge in [-0.05, 0) is 24.7 Å². The summed E-state index contributed by atoms with van der Waals surface area (Å²) in [7, 11) is 0. The van der Waals surface area contributed by atoms with Crippen molar-refractivity contribution in [3.8, 4) is 0 Å². The van der Waals surface area contributed by atoms with Gasteiger partial charge in [0.05, 0.1) is 6.67 Å². The monoisotopic (exact) mass is 102 g/mol. The normalized spacial score (nSPS) is 40.3. The van der Waals surface area contributed by atoms with Crippen LogP contribution in [0.4, 0.5) is 4.39 Å². The average molecular weight is 102 g/mol. The highest BCUT2D eigenvalue weighted by atomic mass is 19.1. The molecule has 0 amide bonds. The van der Waals surface area contributed by atoms with Crippen molar-refractivity contribution in [2.45, 2.75) is 19.8 Å². The Morgan fingerprint density at radius 2 is 2.14 bits per heavy atom. The van der Waals surface area contributed by atoms with Crippen molar-refractivity contribution >= 4 is 0 Å². The minimum absolute atomic E-state index is 0.0929. The predicted molar refractivity (Wildman–Crippen MR) is 27.9 cm³/mol. The Balaban J connectivity index is 2.06. The van der Waals surface area contributed by atoms with Gasteiger partial charge < -0.3 is 0 Å². The lowest BCUT2D eigenvalue weighted by molar-refractivity contribution is 0.170. The fourth-order valence-corrected chi connectivity index (χ4v) is 1.20. The maximum atomic E-state index is 11.6. The summed E-state index contributed by atoms with van der Waals surface area (Å²) in [5, 5.41) is 0. The van der Waals surface area contributed by atoms with Gasteiger partial charge in [0.1, 0.15) is 0 Å². The largest absolute Gasteiger partial charge is 0.251 e. The molecule has 0 aliphatic heterocycles. The lowest BCUT2D eigenvalue weighted by atomic mass is 9.77. The second-order valence-electron chi connectivity index (χ2n) is 2.60. The van der Waals surface area contributed by atoms with E-state index in [1.807, 2.05) is 0 Å². The molecule has 1 aliphatic rings. The maximum absolute atomic E-state index is 11.6. The quantitative estimate of drug-likeness (QED) is 0.475. The molecule has 42 valence electrons. The van der Waals surface area contributed by atoms with Gasteiger partial charge in [-0.25, -0.2) is 0 Å². The summed E-state index contributed by atoms with van der Waals surface area (Å²) in [5.74, 6) is 1.23. The van der Waals surface area contributed by atoms with Crippen LogP contribution < -0.4 is 0 Å². The number of rotatable bonds is 1. The Labute approximate surface area is 43.7 Å². The number of alkyl halides is 1. The van der Waals surface area contributed by atoms with Crippen molar-refractivity contribution in [3.05, 3.63) is 0 Å². The van der Waals surface area contributed by atoms with Crippen LogP contribution in [0.3, 0.4) is 0 Å². The van der Waals surface area contributed by atoms with Crippen molar-refractivity contribution < 1.29 is 4.39 Å². The lowest BCUT2D eigenvalue weighted by Gasteiger charge is -2.29. The summed E-state index contributed by atoms with van der Waals surface area (Å²) < 4.78 is 11.6. The molecule has 0 aromatic heterocycles. The molecule has 0 aromatic rings. The second kappa shape index (κ2) is 1.81. The Kier molecular flexibility index (Phi) is 1.31. The summed E-state index contributed by atoms with van der Waals surface area (Å²) in [6.45, 7) is 2.08. The fourth-order valence-electron chi connectivity index (χ4n) is 1.20. The summed E-state index contributed by atoms with van der Waals surface area (Å²) >= 11 is 0. The van der Waals surface area contributed by atoms with Crippen LogP contribution in [-0.2, 0) is 0 Å². The van der Waals surface area contributed by atoms with Gasteiger partial charge in [0.2, 0.25) is 0 Å². The van der Waals surface area contributed by atoms with Crippen molar-refractivity contribution in [2.24, 2.45) is 11.8 Å². The van der Waals surface area contributed by atoms with Gasteiger partial charge in [0.25, 0.3) is 0 Å². The van der Waals surface area contributed by atoms with E-state index in [0.717, 1.165) is 18.8 Å². The van der Waals surface area contributed by atoms with E-state index >= 15 is 0 Å². The molecule has 1 saturated carbocycles. The van der Waals surface area contributed by atoms with E-state index < -0.39 is 0 Å². The number of hydrogen-bond donors (Lipinski definition) is 0. The van der Waals surface area contributed by atoms with Crippen LogP contribution >= 0.6 is 0 Å². The summed E-state index contributed by atoms with van der Waals surface area (Å²) in [6, 6.07) is 0. The van der Waals surface area contributed by atoms with Crippen LogP contribution in [0, 0.1) is 11.8 Å². The van der Waals surface area contributed by atoms with Gasteiger partial charge in [0, 0.05) is 0 Å². The molecule has 1 aliphatic carbocycles. The Morgan fingerprint density at radius 1 is 1.57 bits per heavy atom. The predicted octanol–water partition coefficient (Wildman–Crippen LogP) is 2.00. The molecule has 0 saturated heterocycles. The van der Waals surface area contributed by atoms with Gasteiger partial charge >= 0.3 is 0 Å². The van der Waals surface area contributed by atoms with E-state index in [9.17, 15) is 4.39 Å². The molecule has 0 radical (unpaired) electrons. The average Bonchev–Trinajstić information content (AvgIpc) is 1.58. The topological polar surface area (TPSA) is 0 Å². The van der Waals surface area contributed by atoms with Crippen LogP contribution in [0.5, 0.6) is 0 Å². The highest BCUT2D eigenvalue weighted by molar-refractivity contribution is 4.74. The lowest BCUT2D eigenvalue weighted by Crippen LogP contribution is -2.22. The standard InChI is InChI=1S/C6H11F/c1-5-2-6(3-5)4-7/h5-6H,2-4H2,1H3. The van der Waals surface area contributed by atoms with E-state index in [0.29, 0.717) is 5.92 Å². The first-order chi connectivity index (χ1) is 3.33. The number of halogens is 1. The minimum atomic E-state index is -0.0929. The third kappa shape index (κ3) is 0.929. The molecular formula is C6H11F. The van der Waals surface area contributed by atoms with E-state index in [4.69, 9.17) is 0 Å². The molecule has 0 aromatic carbocycles. The van der Waals surface area contributed by atoms with Crippen LogP contribution in [0.15, 0.2) is 0 Å². The zero-order valence-electron chi connectivity index (χ0n) is 4.65. The molecule has 0 spiro atoms. The molecule has 1 fully saturated rings. The number of hydrogen-bond acceptors (Lipinski definition) is 0. The zero-order valence-corrected chi connectivity index (χ0v) is 4.65. The molecule has 0 N–H and O–H groups in total. The second-order valence-corrected chi connectivity index (χ2v) is 2.60. The fraction of sp³-hybridized carbons (Fsp3) is 1.00. The molecule has 1 rings (SSSR count). The first kappa shape index (κ1) is 5.07. The molecule has 0 nitrogen and oxygen atoms in total. The van der Waals surface area contributed by atoms with Crippen LogP contribution in [0.25, 0.3) is 0 Å². The third-order valence-electron chi connectivity index (χ3n) is 1.69. The molecule has 7 heavy (non-hydrogen) atoms. The third-order valence-corrected chi connectivity index (χ3v) is 1.69. The summed E-state index contributed by atoms with van der Waals surface area (Å²) in [5.41, 5.74) is 0. The van der Waals surface area contributed by atoms with Crippen LogP contribution in [0.2, 0.25) is 0 Å². The van der Waals surface area contributed by atoms with Gasteiger partial charge in [-0.15, -0.1) is 0 Å². The minimum Gasteiger partial charge on any atom is -0.251 e. The SMILES string of the molecule is CC1CC(CF)C1. The van der Waals surface area contributed by atoms with E-state index in [2.05, 4.69) is 6.92 Å². The zero-order chi connectivity index (χ0) is 5.28. The Bertz CT molecular complexity index is 55.2. The van der Waals surface area contributed by atoms with Gasteiger partial charge in [0.15, 0.2) is 0 Å². The molecule has 0 bridgehead atoms. The maximum Gasteiger partial charge on any atom is 0.0922 e. The van der Waals surface area contributed by atoms with Crippen molar-refractivity contribution in [1.29, 1.82) is 0 Å². The highest BCUT2D eigenvalue weighted by Gasteiger charge is 2.24. The van der Waals surface area contributed by atoms with Gasteiger partial charge in [-0.2, -0.15) is 0 Å². The molecule has 1 heteroatoms. The Morgan fingerprint density at radius 3 is 2.29 bits per heavy atom. The van der Waals surface area contributed by atoms with Crippen LogP contribution in [0.1, 0.15) is 19.8 Å². The van der Waals surface area contributed by atoms with Crippen molar-refractivity contribution in [1.82, 2.24) is 0 Å². The van der Waals surface area contributed by atoms with Crippen molar-refractivity contribution in [3.63, 3.8) is 0 Å². The molecular weight excluding hydrogens is 91.1 g/mol. The first-order valence-corrected chi connectivity index (χ1v) is 2.89. The first-order valence-electron chi connectivity index (χ1n) is 2.89. The summed E-state index contributed by atoms with van der Waals surface area (Å²) in [4.78, 5) is 0. The highest BCUT2D eigenvalue weighted by Crippen LogP contribution is 2.32. The van der Waals surface area contributed by atoms with E-state index in [1.165, 1.54) is 0 Å². The van der Waals surface area contributed by atoms with Gasteiger partial charge in [-0.3, -0.25) is 4.39 Å². The molecule has 0 atom stereocenters. The van der Waals surface area contributed by atoms with Crippen LogP contribution in [-0.4, -0.2) is 6.67 Å². The van der Waals surface area contributed by atoms with Gasteiger partial charge in [-0.1, -0.05) is 6.92 Å². The molecule has 0 heterocycles. The Hall–Kier alpha value is -0.0700. The summed E-state index contributed by atoms with van der Waals surface area (Å²) in [6.07, 6.45) is 2.24. The van der Waals surface area contributed by atoms with Crippen molar-refractivity contribution in [2.75, 3.05) is 6.67 Å². The van der Waals surface area contributed by atoms with E-state index in [1.54, 1.807) is 0 Å².